The van der Waals surface area contributed by atoms with Crippen molar-refractivity contribution in [3.05, 3.63) is 0 Å². The molecule has 0 aliphatic rings. The molecular formula is C17H28O8. The fourth-order valence-electron chi connectivity index (χ4n) is 2.07. The van der Waals surface area contributed by atoms with Crippen molar-refractivity contribution < 1.29 is 38.1 Å². The summed E-state index contributed by atoms with van der Waals surface area (Å²) < 4.78 is 19.2. The summed E-state index contributed by atoms with van der Waals surface area (Å²) in [6.07, 6.45) is 2.64. The quantitative estimate of drug-likeness (QED) is 0.297. The van der Waals surface area contributed by atoms with Crippen molar-refractivity contribution in [1.82, 2.24) is 0 Å². The van der Waals surface area contributed by atoms with E-state index in [0.717, 1.165) is 19.3 Å². The lowest BCUT2D eigenvalue weighted by atomic mass is 10.1. The molecule has 2 unspecified atom stereocenters. The van der Waals surface area contributed by atoms with Crippen LogP contribution in [0.3, 0.4) is 0 Å². The van der Waals surface area contributed by atoms with Crippen LogP contribution in [-0.2, 0) is 38.1 Å². The second-order valence-electron chi connectivity index (χ2n) is 5.60. The Hall–Kier alpha value is -2.12. The predicted octanol–water partition coefficient (Wildman–Crippen LogP) is 2.62. The van der Waals surface area contributed by atoms with Crippen molar-refractivity contribution in [3.8, 4) is 0 Å². The number of carbonyl (C=O) groups excluding carboxylic acids is 4. The van der Waals surface area contributed by atoms with E-state index in [1.165, 1.54) is 27.7 Å². The Morgan fingerprint density at radius 2 is 0.920 bits per heavy atom. The van der Waals surface area contributed by atoms with E-state index in [0.29, 0.717) is 12.8 Å². The highest BCUT2D eigenvalue weighted by Crippen LogP contribution is 2.10. The van der Waals surface area contributed by atoms with E-state index in [9.17, 15) is 19.2 Å². The van der Waals surface area contributed by atoms with Crippen LogP contribution in [0.4, 0.5) is 0 Å². The number of ether oxygens (including phenoxy) is 4. The van der Waals surface area contributed by atoms with Crippen LogP contribution >= 0.6 is 0 Å². The lowest BCUT2D eigenvalue weighted by molar-refractivity contribution is -0.184. The molecular weight excluding hydrogens is 332 g/mol. The molecule has 0 aromatic carbocycles. The minimum atomic E-state index is -0.870. The second-order valence-corrected chi connectivity index (χ2v) is 5.60. The molecule has 0 aromatic rings. The molecule has 0 rings (SSSR count). The van der Waals surface area contributed by atoms with Crippen LogP contribution in [-0.4, -0.2) is 36.5 Å². The van der Waals surface area contributed by atoms with Gasteiger partial charge in [-0.15, -0.1) is 0 Å². The molecule has 0 radical (unpaired) electrons. The summed E-state index contributed by atoms with van der Waals surface area (Å²) in [4.78, 5) is 44.3. The number of hydrogen-bond acceptors (Lipinski definition) is 8. The van der Waals surface area contributed by atoms with E-state index in [4.69, 9.17) is 18.9 Å². The van der Waals surface area contributed by atoms with Gasteiger partial charge < -0.3 is 18.9 Å². The molecule has 0 aliphatic carbocycles. The van der Waals surface area contributed by atoms with E-state index in [2.05, 4.69) is 0 Å². The van der Waals surface area contributed by atoms with E-state index >= 15 is 0 Å². The Kier molecular flexibility index (Phi) is 12.1. The van der Waals surface area contributed by atoms with Gasteiger partial charge in [0.15, 0.2) is 0 Å². The highest BCUT2D eigenvalue weighted by Gasteiger charge is 2.12. The van der Waals surface area contributed by atoms with E-state index in [1.54, 1.807) is 0 Å². The molecule has 25 heavy (non-hydrogen) atoms. The van der Waals surface area contributed by atoms with Crippen molar-refractivity contribution in [3.63, 3.8) is 0 Å². The molecule has 0 N–H and O–H groups in total. The molecule has 8 nitrogen and oxygen atoms in total. The van der Waals surface area contributed by atoms with Gasteiger partial charge in [0.1, 0.15) is 0 Å². The van der Waals surface area contributed by atoms with E-state index < -0.39 is 36.5 Å². The highest BCUT2D eigenvalue weighted by molar-refractivity contribution is 5.70. The Balaban J connectivity index is 3.57. The van der Waals surface area contributed by atoms with Crippen LogP contribution in [0.2, 0.25) is 0 Å². The van der Waals surface area contributed by atoms with Crippen molar-refractivity contribution in [1.29, 1.82) is 0 Å². The molecule has 0 spiro atoms. The first-order chi connectivity index (χ1) is 11.7. The molecule has 144 valence electrons. The van der Waals surface area contributed by atoms with Gasteiger partial charge in [-0.3, -0.25) is 19.2 Å². The minimum Gasteiger partial charge on any atom is -0.426 e. The summed E-state index contributed by atoms with van der Waals surface area (Å²) in [6, 6.07) is 0. The summed E-state index contributed by atoms with van der Waals surface area (Å²) >= 11 is 0. The van der Waals surface area contributed by atoms with Crippen LogP contribution in [0.25, 0.3) is 0 Å². The normalized spacial score (nSPS) is 12.6. The topological polar surface area (TPSA) is 105 Å². The van der Waals surface area contributed by atoms with Gasteiger partial charge in [0.25, 0.3) is 0 Å². The molecule has 0 aromatic heterocycles. The summed E-state index contributed by atoms with van der Waals surface area (Å²) in [5.74, 6) is -1.81. The smallest absolute Gasteiger partial charge is 0.308 e. The van der Waals surface area contributed by atoms with Crippen molar-refractivity contribution in [2.75, 3.05) is 0 Å². The van der Waals surface area contributed by atoms with Crippen molar-refractivity contribution in [2.24, 2.45) is 0 Å². The third kappa shape index (κ3) is 15.2. The fraction of sp³-hybridized carbons (Fsp3) is 0.765. The lowest BCUT2D eigenvalue weighted by Gasteiger charge is -2.13. The number of rotatable bonds is 12. The zero-order chi connectivity index (χ0) is 19.2. The molecule has 0 heterocycles. The molecule has 0 bridgehead atoms. The molecule has 0 aliphatic heterocycles. The van der Waals surface area contributed by atoms with Gasteiger partial charge in [0.05, 0.1) is 0 Å². The number of carbonyl (C=O) groups is 4. The Labute approximate surface area is 148 Å². The monoisotopic (exact) mass is 360 g/mol. The standard InChI is InChI=1S/C17H28O8/c1-12(18)22-14(3)24-16(20)10-8-6-5-7-9-11-17(21)25-15(4)23-13(2)19/h14-15H,5-11H2,1-4H3. The average molecular weight is 360 g/mol. The zero-order valence-electron chi connectivity index (χ0n) is 15.4. The van der Waals surface area contributed by atoms with Gasteiger partial charge in [-0.2, -0.15) is 0 Å². The molecule has 0 saturated carbocycles. The first-order valence-corrected chi connectivity index (χ1v) is 8.44. The third-order valence-electron chi connectivity index (χ3n) is 3.02. The largest absolute Gasteiger partial charge is 0.426 e. The van der Waals surface area contributed by atoms with Gasteiger partial charge in [0, 0.05) is 40.5 Å². The zero-order valence-corrected chi connectivity index (χ0v) is 15.4. The first-order valence-electron chi connectivity index (χ1n) is 8.44. The molecule has 0 amide bonds. The SMILES string of the molecule is CC(=O)OC(C)OC(=O)CCCCCCCC(=O)OC(C)OC(C)=O. The summed E-state index contributed by atoms with van der Waals surface area (Å²) in [5, 5.41) is 0. The molecule has 0 fully saturated rings. The Morgan fingerprint density at radius 3 is 1.24 bits per heavy atom. The van der Waals surface area contributed by atoms with Crippen LogP contribution in [0, 0.1) is 0 Å². The predicted molar refractivity (Wildman–Crippen MR) is 87.0 cm³/mol. The number of unbranched alkanes of at least 4 members (excludes halogenated alkanes) is 4. The van der Waals surface area contributed by atoms with Crippen molar-refractivity contribution >= 4 is 23.9 Å². The third-order valence-corrected chi connectivity index (χ3v) is 3.02. The molecule has 2 atom stereocenters. The average Bonchev–Trinajstić information content (AvgIpc) is 2.43. The van der Waals surface area contributed by atoms with Gasteiger partial charge in [-0.25, -0.2) is 0 Å². The van der Waals surface area contributed by atoms with Gasteiger partial charge in [-0.1, -0.05) is 19.3 Å². The fourth-order valence-corrected chi connectivity index (χ4v) is 2.07. The van der Waals surface area contributed by atoms with Crippen LogP contribution in [0.5, 0.6) is 0 Å². The number of hydrogen-bond donors (Lipinski definition) is 0. The molecule has 8 heteroatoms. The lowest BCUT2D eigenvalue weighted by Crippen LogP contribution is -2.20. The highest BCUT2D eigenvalue weighted by atomic mass is 16.7. The van der Waals surface area contributed by atoms with Gasteiger partial charge in [0.2, 0.25) is 12.6 Å². The van der Waals surface area contributed by atoms with Gasteiger partial charge in [-0.05, 0) is 12.8 Å². The Morgan fingerprint density at radius 1 is 0.600 bits per heavy atom. The van der Waals surface area contributed by atoms with E-state index in [-0.39, 0.29) is 12.8 Å². The summed E-state index contributed by atoms with van der Waals surface area (Å²) in [6.45, 7) is 5.47. The van der Waals surface area contributed by atoms with Crippen LogP contribution in [0.1, 0.15) is 72.6 Å². The summed E-state index contributed by atoms with van der Waals surface area (Å²) in [7, 11) is 0. The maximum Gasteiger partial charge on any atom is 0.308 e. The van der Waals surface area contributed by atoms with Crippen LogP contribution < -0.4 is 0 Å². The van der Waals surface area contributed by atoms with Gasteiger partial charge >= 0.3 is 23.9 Å². The minimum absolute atomic E-state index is 0.257. The Bertz CT molecular complexity index is 406. The van der Waals surface area contributed by atoms with Crippen molar-refractivity contribution in [2.45, 2.75) is 85.2 Å². The first kappa shape index (κ1) is 22.9. The number of esters is 4. The summed E-state index contributed by atoms with van der Waals surface area (Å²) in [5.41, 5.74) is 0. The van der Waals surface area contributed by atoms with E-state index in [1.807, 2.05) is 0 Å². The maximum absolute atomic E-state index is 11.5. The van der Waals surface area contributed by atoms with Crippen LogP contribution in [0.15, 0.2) is 0 Å². The molecule has 0 saturated heterocycles. The maximum atomic E-state index is 11.5. The second kappa shape index (κ2) is 13.2.